The zero-order chi connectivity index (χ0) is 29.8. The number of esters is 1. The van der Waals surface area contributed by atoms with Gasteiger partial charge in [-0.1, -0.05) is 19.1 Å². The van der Waals surface area contributed by atoms with Crippen molar-refractivity contribution in [2.45, 2.75) is 87.1 Å². The largest absolute Gasteiger partial charge is 0.454 e. The Morgan fingerprint density at radius 1 is 1.07 bits per heavy atom. The van der Waals surface area contributed by atoms with Gasteiger partial charge in [-0.3, -0.25) is 9.69 Å². The number of para-hydroxylation sites is 1. The third-order valence-electron chi connectivity index (χ3n) is 12.6. The Balaban J connectivity index is 0.00000329. The molecule has 6 fully saturated rings. The third-order valence-corrected chi connectivity index (χ3v) is 12.6. The quantitative estimate of drug-likeness (QED) is 0.377. The summed E-state index contributed by atoms with van der Waals surface area (Å²) in [7, 11) is 5.05. The average Bonchev–Trinajstić information content (AvgIpc) is 3.39. The number of likely N-dealkylation sites (tertiary alicyclic amines) is 1. The summed E-state index contributed by atoms with van der Waals surface area (Å²) >= 11 is 0. The molecule has 5 aliphatic carbocycles. The van der Waals surface area contributed by atoms with Crippen molar-refractivity contribution in [3.05, 3.63) is 29.8 Å². The van der Waals surface area contributed by atoms with E-state index in [1.165, 1.54) is 6.92 Å². The van der Waals surface area contributed by atoms with E-state index in [9.17, 15) is 19.8 Å². The molecule has 43 heavy (non-hydrogen) atoms. The molecule has 0 aromatic heterocycles. The second-order valence-corrected chi connectivity index (χ2v) is 13.7. The van der Waals surface area contributed by atoms with Crippen LogP contribution in [-0.4, -0.2) is 103 Å². The Bertz CT molecular complexity index is 1300. The van der Waals surface area contributed by atoms with Crippen molar-refractivity contribution in [3.63, 3.8) is 0 Å². The topological polar surface area (TPSA) is 127 Å². The maximum atomic E-state index is 14.0. The number of amides is 1. The summed E-state index contributed by atoms with van der Waals surface area (Å²) in [5, 5.41) is 28.4. The number of rotatable bonds is 7. The SMILES string of the molecule is Br.CCN1C[C@]2(OC(=O)c3ccccc3NC(C)=O)CC[C@H](OC)[C@]34[C@@H]2C[C@@H]([C@@H]13)[C@@]1(O)C[C@H](OC)[C@H]2C[C@@H]4[C@]1(O)[C@H]2OC. The van der Waals surface area contributed by atoms with Crippen LogP contribution in [0, 0.1) is 29.1 Å². The van der Waals surface area contributed by atoms with Crippen LogP contribution in [0.5, 0.6) is 0 Å². The van der Waals surface area contributed by atoms with E-state index in [0.717, 1.165) is 0 Å². The highest BCUT2D eigenvalue weighted by molar-refractivity contribution is 8.93. The van der Waals surface area contributed by atoms with E-state index in [4.69, 9.17) is 18.9 Å². The number of methoxy groups -OCH3 is 3. The molecule has 12 atom stereocenters. The van der Waals surface area contributed by atoms with Crippen LogP contribution in [0.4, 0.5) is 5.69 Å². The summed E-state index contributed by atoms with van der Waals surface area (Å²) in [5.41, 5.74) is -3.57. The Labute approximate surface area is 263 Å². The fourth-order valence-electron chi connectivity index (χ4n) is 11.6. The second kappa shape index (κ2) is 10.5. The van der Waals surface area contributed by atoms with Crippen LogP contribution in [0.3, 0.4) is 0 Å². The van der Waals surface area contributed by atoms with Gasteiger partial charge in [0.15, 0.2) is 0 Å². The molecule has 10 nitrogen and oxygen atoms in total. The molecule has 7 rings (SSSR count). The molecule has 7 bridgehead atoms. The van der Waals surface area contributed by atoms with E-state index in [1.54, 1.807) is 45.6 Å². The molecule has 1 aliphatic heterocycles. The van der Waals surface area contributed by atoms with Crippen LogP contribution in [-0.2, 0) is 23.7 Å². The molecule has 5 saturated carbocycles. The molecule has 6 aliphatic rings. The summed E-state index contributed by atoms with van der Waals surface area (Å²) < 4.78 is 25.1. The van der Waals surface area contributed by atoms with Crippen LogP contribution in [0.2, 0.25) is 0 Å². The first-order valence-corrected chi connectivity index (χ1v) is 15.4. The number of benzene rings is 1. The van der Waals surface area contributed by atoms with Gasteiger partial charge in [0, 0.05) is 76.3 Å². The Hall–Kier alpha value is -1.60. The first-order chi connectivity index (χ1) is 20.1. The van der Waals surface area contributed by atoms with Gasteiger partial charge in [-0.15, -0.1) is 17.0 Å². The minimum atomic E-state index is -1.48. The Morgan fingerprint density at radius 2 is 1.81 bits per heavy atom. The minimum absolute atomic E-state index is 0. The molecule has 0 unspecified atom stereocenters. The van der Waals surface area contributed by atoms with Crippen LogP contribution >= 0.6 is 17.0 Å². The second-order valence-electron chi connectivity index (χ2n) is 13.7. The van der Waals surface area contributed by atoms with E-state index in [2.05, 4.69) is 17.1 Å². The lowest BCUT2D eigenvalue weighted by Crippen LogP contribution is -2.83. The summed E-state index contributed by atoms with van der Waals surface area (Å²) in [6, 6.07) is 6.89. The number of likely N-dealkylation sites (N-methyl/N-ethyl adjacent to an activating group) is 1. The number of carbonyl (C=O) groups is 2. The molecule has 1 heterocycles. The fourth-order valence-corrected chi connectivity index (χ4v) is 11.6. The molecule has 1 aromatic carbocycles. The molecule has 3 N–H and O–H groups in total. The van der Waals surface area contributed by atoms with E-state index < -0.39 is 34.3 Å². The van der Waals surface area contributed by atoms with Crippen LogP contribution in [0.25, 0.3) is 0 Å². The van der Waals surface area contributed by atoms with E-state index in [1.807, 2.05) is 0 Å². The number of aliphatic hydroxyl groups is 2. The maximum absolute atomic E-state index is 14.0. The molecule has 238 valence electrons. The van der Waals surface area contributed by atoms with Crippen molar-refractivity contribution in [1.82, 2.24) is 4.90 Å². The molecule has 1 saturated heterocycles. The van der Waals surface area contributed by atoms with Gasteiger partial charge >= 0.3 is 5.97 Å². The highest BCUT2D eigenvalue weighted by Crippen LogP contribution is 2.79. The van der Waals surface area contributed by atoms with Gasteiger partial charge in [0.1, 0.15) is 16.8 Å². The molecular formula is C32H45BrN2O8. The summed E-state index contributed by atoms with van der Waals surface area (Å²) in [5.74, 6) is -1.54. The van der Waals surface area contributed by atoms with Gasteiger partial charge in [0.05, 0.1) is 29.6 Å². The number of halogens is 1. The number of nitrogens with zero attached hydrogens (tertiary/aromatic N) is 1. The van der Waals surface area contributed by atoms with E-state index >= 15 is 0 Å². The van der Waals surface area contributed by atoms with E-state index in [-0.39, 0.29) is 64.8 Å². The lowest BCUT2D eigenvalue weighted by molar-refractivity contribution is -0.337. The lowest BCUT2D eigenvalue weighted by atomic mass is 9.44. The monoisotopic (exact) mass is 664 g/mol. The minimum Gasteiger partial charge on any atom is -0.454 e. The van der Waals surface area contributed by atoms with Gasteiger partial charge < -0.3 is 34.5 Å². The normalized spacial score (nSPS) is 47.0. The number of ether oxygens (including phenoxy) is 4. The molecule has 1 aromatic rings. The number of piperidine rings is 1. The van der Waals surface area contributed by atoms with Gasteiger partial charge in [0.2, 0.25) is 5.91 Å². The number of anilines is 1. The number of nitrogens with one attached hydrogen (secondary N) is 1. The van der Waals surface area contributed by atoms with E-state index in [0.29, 0.717) is 56.4 Å². The summed E-state index contributed by atoms with van der Waals surface area (Å²) in [4.78, 5) is 28.3. The lowest BCUT2D eigenvalue weighted by Gasteiger charge is -2.70. The standard InChI is InChI=1S/C32H44N2O8.BrH/c1-6-34-16-29(42-28(36)18-9-7-8-10-21(18)33-17(2)35)12-11-25(40-4)31-23(29)14-20(26(31)34)30(37)15-22(39-3)19-13-24(31)32(30,38)27(19)41-5;/h7-10,19-20,22-27,37-38H,6,11-16H2,1-5H3,(H,33,35);1H/t19-,20+,22+,23-,24+,25+,26-,27+,29-,30+,31-,32+;/m1./s1. The highest BCUT2D eigenvalue weighted by atomic mass is 79.9. The van der Waals surface area contributed by atoms with Crippen molar-refractivity contribution in [2.24, 2.45) is 29.1 Å². The predicted molar refractivity (Wildman–Crippen MR) is 162 cm³/mol. The first kappa shape index (κ1) is 31.4. The first-order valence-electron chi connectivity index (χ1n) is 15.4. The van der Waals surface area contributed by atoms with Crippen molar-refractivity contribution in [1.29, 1.82) is 0 Å². The number of fused-ring (bicyclic) bond motifs is 2. The van der Waals surface area contributed by atoms with Gasteiger partial charge in [-0.2, -0.15) is 0 Å². The number of hydrogen-bond donors (Lipinski definition) is 3. The molecule has 1 spiro atoms. The fraction of sp³-hybridized carbons (Fsp3) is 0.750. The maximum Gasteiger partial charge on any atom is 0.340 e. The predicted octanol–water partition coefficient (Wildman–Crippen LogP) is 2.80. The summed E-state index contributed by atoms with van der Waals surface area (Å²) in [6.45, 7) is 4.79. The number of carbonyl (C=O) groups excluding carboxylic acids is 2. The van der Waals surface area contributed by atoms with Crippen molar-refractivity contribution in [2.75, 3.05) is 39.7 Å². The molecule has 0 radical (unpaired) electrons. The Morgan fingerprint density at radius 3 is 2.47 bits per heavy atom. The van der Waals surface area contributed by atoms with Gasteiger partial charge in [-0.05, 0) is 44.4 Å². The number of hydrogen-bond acceptors (Lipinski definition) is 9. The van der Waals surface area contributed by atoms with Gasteiger partial charge in [-0.25, -0.2) is 4.79 Å². The van der Waals surface area contributed by atoms with Crippen molar-refractivity contribution < 1.29 is 38.7 Å². The van der Waals surface area contributed by atoms with Crippen molar-refractivity contribution in [3.8, 4) is 0 Å². The van der Waals surface area contributed by atoms with Crippen LogP contribution < -0.4 is 5.32 Å². The van der Waals surface area contributed by atoms with Gasteiger partial charge in [0.25, 0.3) is 0 Å². The van der Waals surface area contributed by atoms with Crippen LogP contribution in [0.15, 0.2) is 24.3 Å². The van der Waals surface area contributed by atoms with Crippen LogP contribution in [0.1, 0.15) is 56.3 Å². The summed E-state index contributed by atoms with van der Waals surface area (Å²) in [6.07, 6.45) is 1.91. The highest BCUT2D eigenvalue weighted by Gasteiger charge is 2.89. The third kappa shape index (κ3) is 3.67. The smallest absolute Gasteiger partial charge is 0.340 e. The van der Waals surface area contributed by atoms with Crippen molar-refractivity contribution >= 4 is 34.5 Å². The molecule has 11 heteroatoms. The average molecular weight is 666 g/mol. The Kier molecular flexibility index (Phi) is 7.64. The zero-order valence-corrected chi connectivity index (χ0v) is 27.3. The molecular weight excluding hydrogens is 620 g/mol. The molecule has 1 amide bonds. The zero-order valence-electron chi connectivity index (χ0n) is 25.6.